The van der Waals surface area contributed by atoms with Gasteiger partial charge in [0.1, 0.15) is 6.07 Å². The molecule has 0 aromatic carbocycles. The number of hydrogen-bond acceptors (Lipinski definition) is 3. The van der Waals surface area contributed by atoms with Crippen LogP contribution >= 0.6 is 0 Å². The molecule has 1 aliphatic carbocycles. The summed E-state index contributed by atoms with van der Waals surface area (Å²) in [5.74, 6) is 0.596. The summed E-state index contributed by atoms with van der Waals surface area (Å²) < 4.78 is 0. The Bertz CT molecular complexity index is 459. The highest BCUT2D eigenvalue weighted by atomic mass is 15.0. The average molecular weight is 241 g/mol. The smallest absolute Gasteiger partial charge is 0.101 e. The van der Waals surface area contributed by atoms with Crippen molar-refractivity contribution in [3.05, 3.63) is 29.6 Å². The monoisotopic (exact) mass is 241 g/mol. The zero-order valence-electron chi connectivity index (χ0n) is 10.7. The van der Waals surface area contributed by atoms with Crippen LogP contribution in [-0.4, -0.2) is 17.1 Å². The van der Waals surface area contributed by atoms with Gasteiger partial charge in [-0.2, -0.15) is 5.26 Å². The third-order valence-electron chi connectivity index (χ3n) is 4.63. The van der Waals surface area contributed by atoms with Crippen molar-refractivity contribution >= 4 is 0 Å². The van der Waals surface area contributed by atoms with Crippen molar-refractivity contribution in [2.24, 2.45) is 0 Å². The Morgan fingerprint density at radius 1 is 1.28 bits per heavy atom. The number of nitrogens with one attached hydrogen (secondary N) is 1. The molecule has 0 unspecified atom stereocenters. The Labute approximate surface area is 108 Å². The minimum absolute atomic E-state index is 0.441. The van der Waals surface area contributed by atoms with Crippen molar-refractivity contribution in [3.63, 3.8) is 0 Å². The molecule has 1 saturated heterocycles. The van der Waals surface area contributed by atoms with E-state index in [0.717, 1.165) is 0 Å². The van der Waals surface area contributed by atoms with E-state index in [1.807, 2.05) is 12.3 Å². The molecule has 0 bridgehead atoms. The molecule has 1 aromatic rings. The molecule has 0 atom stereocenters. The zero-order chi connectivity index (χ0) is 12.4. The summed E-state index contributed by atoms with van der Waals surface area (Å²) in [6.07, 6.45) is 11.3. The molecule has 94 valence electrons. The summed E-state index contributed by atoms with van der Waals surface area (Å²) in [6, 6.07) is 4.19. The Hall–Kier alpha value is -1.40. The number of nitrogens with zero attached hydrogens (tertiary/aromatic N) is 2. The summed E-state index contributed by atoms with van der Waals surface area (Å²) in [6.45, 7) is 1.19. The van der Waals surface area contributed by atoms with Crippen LogP contribution in [-0.2, 0) is 0 Å². The van der Waals surface area contributed by atoms with Crippen molar-refractivity contribution in [1.82, 2.24) is 10.3 Å². The van der Waals surface area contributed by atoms with Crippen molar-refractivity contribution in [2.75, 3.05) is 6.54 Å². The van der Waals surface area contributed by atoms with Gasteiger partial charge in [-0.25, -0.2) is 0 Å². The van der Waals surface area contributed by atoms with Gasteiger partial charge in [0, 0.05) is 17.9 Å². The van der Waals surface area contributed by atoms with Crippen molar-refractivity contribution in [1.29, 1.82) is 5.26 Å². The van der Waals surface area contributed by atoms with Gasteiger partial charge in [0.15, 0.2) is 0 Å². The van der Waals surface area contributed by atoms with E-state index in [2.05, 4.69) is 16.4 Å². The largest absolute Gasteiger partial charge is 0.311 e. The highest BCUT2D eigenvalue weighted by molar-refractivity contribution is 5.31. The predicted octanol–water partition coefficient (Wildman–Crippen LogP) is 2.73. The lowest BCUT2D eigenvalue weighted by Crippen LogP contribution is -2.42. The van der Waals surface area contributed by atoms with Gasteiger partial charge in [-0.1, -0.05) is 0 Å². The van der Waals surface area contributed by atoms with Crippen LogP contribution in [0.3, 0.4) is 0 Å². The molecule has 0 radical (unpaired) electrons. The van der Waals surface area contributed by atoms with Crippen LogP contribution in [0.1, 0.15) is 55.6 Å². The zero-order valence-corrected chi connectivity index (χ0v) is 10.7. The molecule has 2 aliphatic rings. The van der Waals surface area contributed by atoms with E-state index in [0.29, 0.717) is 17.0 Å². The van der Waals surface area contributed by atoms with Gasteiger partial charge in [0.05, 0.1) is 5.56 Å². The van der Waals surface area contributed by atoms with Gasteiger partial charge < -0.3 is 5.32 Å². The summed E-state index contributed by atoms with van der Waals surface area (Å²) in [4.78, 5) is 4.18. The number of rotatable bonds is 1. The van der Waals surface area contributed by atoms with Gasteiger partial charge in [-0.3, -0.25) is 4.98 Å². The lowest BCUT2D eigenvalue weighted by atomic mass is 9.74. The molecule has 1 N–H and O–H groups in total. The van der Waals surface area contributed by atoms with Crippen LogP contribution in [0.4, 0.5) is 0 Å². The first kappa shape index (κ1) is 11.7. The molecule has 1 aromatic heterocycles. The molecular formula is C15H19N3. The Balaban J connectivity index is 1.70. The van der Waals surface area contributed by atoms with E-state index in [9.17, 15) is 0 Å². The second-order valence-corrected chi connectivity index (χ2v) is 5.70. The molecule has 1 spiro atoms. The maximum absolute atomic E-state index is 8.93. The van der Waals surface area contributed by atoms with Crippen molar-refractivity contribution in [3.8, 4) is 6.07 Å². The van der Waals surface area contributed by atoms with Crippen molar-refractivity contribution in [2.45, 2.75) is 50.0 Å². The molecule has 2 heterocycles. The molecule has 3 nitrogen and oxygen atoms in total. The van der Waals surface area contributed by atoms with Crippen LogP contribution in [0.25, 0.3) is 0 Å². The van der Waals surface area contributed by atoms with Gasteiger partial charge in [-0.05, 0) is 62.6 Å². The normalized spacial score (nSPS) is 31.4. The molecular weight excluding hydrogens is 222 g/mol. The fourth-order valence-electron chi connectivity index (χ4n) is 3.54. The van der Waals surface area contributed by atoms with E-state index in [4.69, 9.17) is 5.26 Å². The summed E-state index contributed by atoms with van der Waals surface area (Å²) in [7, 11) is 0. The number of nitriles is 1. The third-order valence-corrected chi connectivity index (χ3v) is 4.63. The lowest BCUT2D eigenvalue weighted by molar-refractivity contribution is 0.244. The Morgan fingerprint density at radius 2 is 2.11 bits per heavy atom. The molecule has 3 heteroatoms. The van der Waals surface area contributed by atoms with E-state index in [1.165, 1.54) is 50.6 Å². The van der Waals surface area contributed by atoms with Crippen LogP contribution in [0.15, 0.2) is 18.5 Å². The molecule has 1 saturated carbocycles. The number of aromatic nitrogens is 1. The first-order chi connectivity index (χ1) is 8.81. The first-order valence-electron chi connectivity index (χ1n) is 6.91. The SMILES string of the molecule is N#Cc1cncc(C2CCC3(CCCN3)CC2)c1. The summed E-state index contributed by atoms with van der Waals surface area (Å²) in [5, 5.41) is 12.6. The maximum atomic E-state index is 8.93. The van der Waals surface area contributed by atoms with Gasteiger partial charge in [0.25, 0.3) is 0 Å². The lowest BCUT2D eigenvalue weighted by Gasteiger charge is -2.37. The third kappa shape index (κ3) is 2.13. The molecule has 0 amide bonds. The predicted molar refractivity (Wildman–Crippen MR) is 70.1 cm³/mol. The van der Waals surface area contributed by atoms with Crippen molar-refractivity contribution < 1.29 is 0 Å². The number of hydrogen-bond donors (Lipinski definition) is 1. The highest BCUT2D eigenvalue weighted by Gasteiger charge is 2.37. The Morgan fingerprint density at radius 3 is 2.78 bits per heavy atom. The fourth-order valence-corrected chi connectivity index (χ4v) is 3.54. The summed E-state index contributed by atoms with van der Waals surface area (Å²) >= 11 is 0. The standard InChI is InChI=1S/C15H19N3/c16-9-12-8-14(11-17-10-12)13-2-5-15(6-3-13)4-1-7-18-15/h8,10-11,13,18H,1-7H2. The topological polar surface area (TPSA) is 48.7 Å². The molecule has 3 rings (SSSR count). The van der Waals surface area contributed by atoms with Gasteiger partial charge >= 0.3 is 0 Å². The van der Waals surface area contributed by atoms with E-state index in [-0.39, 0.29) is 0 Å². The minimum Gasteiger partial charge on any atom is -0.311 e. The highest BCUT2D eigenvalue weighted by Crippen LogP contribution is 2.41. The maximum Gasteiger partial charge on any atom is 0.101 e. The van der Waals surface area contributed by atoms with E-state index >= 15 is 0 Å². The van der Waals surface area contributed by atoms with Crippen LogP contribution < -0.4 is 5.32 Å². The first-order valence-corrected chi connectivity index (χ1v) is 6.91. The fraction of sp³-hybridized carbons (Fsp3) is 0.600. The minimum atomic E-state index is 0.441. The number of pyridine rings is 1. The van der Waals surface area contributed by atoms with Gasteiger partial charge in [-0.15, -0.1) is 0 Å². The Kier molecular flexibility index (Phi) is 3.05. The van der Waals surface area contributed by atoms with E-state index in [1.54, 1.807) is 6.20 Å². The van der Waals surface area contributed by atoms with Crippen LogP contribution in [0, 0.1) is 11.3 Å². The van der Waals surface area contributed by atoms with Crippen LogP contribution in [0.2, 0.25) is 0 Å². The quantitative estimate of drug-likeness (QED) is 0.822. The second kappa shape index (κ2) is 4.70. The molecule has 1 aliphatic heterocycles. The van der Waals surface area contributed by atoms with Gasteiger partial charge in [0.2, 0.25) is 0 Å². The second-order valence-electron chi connectivity index (χ2n) is 5.70. The summed E-state index contributed by atoms with van der Waals surface area (Å²) in [5.41, 5.74) is 2.38. The molecule has 18 heavy (non-hydrogen) atoms. The van der Waals surface area contributed by atoms with E-state index < -0.39 is 0 Å². The average Bonchev–Trinajstić information content (AvgIpc) is 2.88. The van der Waals surface area contributed by atoms with Crippen LogP contribution in [0.5, 0.6) is 0 Å². The molecule has 2 fully saturated rings.